The fourth-order valence-electron chi connectivity index (χ4n) is 3.09. The quantitative estimate of drug-likeness (QED) is 0.0936. The van der Waals surface area contributed by atoms with Gasteiger partial charge in [0, 0.05) is 37.7 Å². The number of hydrogen-bond donors (Lipinski definition) is 1. The van der Waals surface area contributed by atoms with Crippen molar-refractivity contribution in [3.8, 4) is 22.8 Å². The molecule has 0 amide bonds. The van der Waals surface area contributed by atoms with E-state index in [9.17, 15) is 0 Å². The second kappa shape index (κ2) is 18.9. The molecule has 0 atom stereocenters. The van der Waals surface area contributed by atoms with E-state index < -0.39 is 0 Å². The molecule has 4 rings (SSSR count). The number of thioether (sulfide) groups is 2. The fourth-order valence-corrected chi connectivity index (χ4v) is 6.22. The lowest BCUT2D eigenvalue weighted by molar-refractivity contribution is 0.0421. The fraction of sp³-hybridized carbons (Fsp3) is 0.400. The standard InChI is InChI=1S/C16H21N3OS2.C12H14N2OS2.C2H6.H2/c1-12(20-16(2,3)4)17-10-11-21-15-18-14(19-22-15)13-8-6-5-7-9-13;1-9-4-3-5-10(8-9)11-13-12(17-14-11)16-7-6-15-2;1-2;/h5-9,17H,1,10-11H2,2-4H3;3-5,8H,6-7H2,1-2H3;1-2H3;1H. The van der Waals surface area contributed by atoms with Crippen molar-refractivity contribution in [2.75, 3.05) is 31.8 Å². The number of aromatic nitrogens is 4. The van der Waals surface area contributed by atoms with E-state index in [4.69, 9.17) is 9.47 Å². The average Bonchev–Trinajstić information content (AvgIpc) is 3.63. The van der Waals surface area contributed by atoms with Crippen LogP contribution in [0.4, 0.5) is 0 Å². The van der Waals surface area contributed by atoms with Gasteiger partial charge in [0.15, 0.2) is 26.2 Å². The second-order valence-corrected chi connectivity index (χ2v) is 13.4. The molecule has 0 aliphatic rings. The summed E-state index contributed by atoms with van der Waals surface area (Å²) in [7, 11) is 1.71. The number of nitrogens with zero attached hydrogens (tertiary/aromatic N) is 4. The molecule has 0 unspecified atom stereocenters. The number of benzene rings is 2. The molecule has 0 spiro atoms. The van der Waals surface area contributed by atoms with Crippen LogP contribution in [0.3, 0.4) is 0 Å². The molecule has 0 radical (unpaired) electrons. The first-order chi connectivity index (χ1) is 19.7. The van der Waals surface area contributed by atoms with Crippen molar-refractivity contribution in [1.82, 2.24) is 24.0 Å². The molecule has 2 heterocycles. The summed E-state index contributed by atoms with van der Waals surface area (Å²) in [4.78, 5) is 9.05. The molecule has 2 aromatic carbocycles. The first-order valence-electron chi connectivity index (χ1n) is 13.4. The van der Waals surface area contributed by atoms with Gasteiger partial charge in [0.2, 0.25) is 0 Å². The summed E-state index contributed by atoms with van der Waals surface area (Å²) in [6.07, 6.45) is 0. The monoisotopic (exact) mass is 633 g/mol. The van der Waals surface area contributed by atoms with E-state index in [1.54, 1.807) is 30.6 Å². The Kier molecular flexibility index (Phi) is 16.0. The van der Waals surface area contributed by atoms with Crippen LogP contribution in [0.1, 0.15) is 41.6 Å². The highest BCUT2D eigenvalue weighted by molar-refractivity contribution is 8.01. The van der Waals surface area contributed by atoms with E-state index >= 15 is 0 Å². The minimum atomic E-state index is -0.221. The van der Waals surface area contributed by atoms with Gasteiger partial charge < -0.3 is 14.8 Å². The number of hydrogen-bond acceptors (Lipinski definition) is 11. The Balaban J connectivity index is 0.000000398. The molecule has 0 aliphatic carbocycles. The largest absolute Gasteiger partial charge is 0.474 e. The molecule has 224 valence electrons. The molecule has 2 aromatic heterocycles. The van der Waals surface area contributed by atoms with Crippen molar-refractivity contribution in [3.63, 3.8) is 0 Å². The number of methoxy groups -OCH3 is 1. The zero-order chi connectivity index (χ0) is 30.1. The molecule has 11 heteroatoms. The minimum absolute atomic E-state index is 0. The highest BCUT2D eigenvalue weighted by atomic mass is 32.2. The molecule has 4 aromatic rings. The van der Waals surface area contributed by atoms with Gasteiger partial charge in [0.1, 0.15) is 5.60 Å². The molecule has 0 bridgehead atoms. The average molecular weight is 634 g/mol. The zero-order valence-corrected chi connectivity index (χ0v) is 28.2. The van der Waals surface area contributed by atoms with Crippen LogP contribution in [-0.2, 0) is 9.47 Å². The van der Waals surface area contributed by atoms with Gasteiger partial charge in [-0.3, -0.25) is 0 Å². The summed E-state index contributed by atoms with van der Waals surface area (Å²) >= 11 is 6.25. The van der Waals surface area contributed by atoms with Gasteiger partial charge in [0.05, 0.1) is 6.61 Å². The third-order valence-electron chi connectivity index (χ3n) is 4.72. The van der Waals surface area contributed by atoms with E-state index in [0.29, 0.717) is 5.88 Å². The molecular weight excluding hydrogens is 591 g/mol. The Labute approximate surface area is 263 Å². The molecule has 1 N–H and O–H groups in total. The third kappa shape index (κ3) is 13.8. The van der Waals surface area contributed by atoms with Crippen LogP contribution >= 0.6 is 46.6 Å². The molecule has 0 saturated carbocycles. The molecule has 0 aliphatic heterocycles. The first-order valence-corrected chi connectivity index (χ1v) is 16.9. The summed E-state index contributed by atoms with van der Waals surface area (Å²) in [5.41, 5.74) is 3.14. The predicted octanol–water partition coefficient (Wildman–Crippen LogP) is 8.70. The van der Waals surface area contributed by atoms with E-state index in [0.717, 1.165) is 56.1 Å². The lowest BCUT2D eigenvalue weighted by Gasteiger charge is -2.23. The number of ether oxygens (including phenoxy) is 2. The highest BCUT2D eigenvalue weighted by Gasteiger charge is 2.12. The SMILES string of the molecule is C=C(NCCSc1nc(-c2ccccc2)ns1)OC(C)(C)C.CC.COCCSc1nc(-c2cccc(C)c2)ns1.[HH]. The topological polar surface area (TPSA) is 82.1 Å². The normalized spacial score (nSPS) is 10.6. The number of nitrogens with one attached hydrogen (secondary N) is 1. The van der Waals surface area contributed by atoms with Crippen molar-refractivity contribution >= 4 is 46.6 Å². The summed E-state index contributed by atoms with van der Waals surface area (Å²) in [5, 5.41) is 3.17. The van der Waals surface area contributed by atoms with Gasteiger partial charge in [-0.1, -0.05) is 91.5 Å². The smallest absolute Gasteiger partial charge is 0.179 e. The van der Waals surface area contributed by atoms with Crippen LogP contribution in [-0.4, -0.2) is 56.1 Å². The van der Waals surface area contributed by atoms with Crippen molar-refractivity contribution in [2.24, 2.45) is 0 Å². The second-order valence-electron chi connectivity index (χ2n) is 9.26. The van der Waals surface area contributed by atoms with Gasteiger partial charge >= 0.3 is 0 Å². The number of rotatable bonds is 12. The van der Waals surface area contributed by atoms with Crippen molar-refractivity contribution in [1.29, 1.82) is 0 Å². The first kappa shape index (κ1) is 34.8. The van der Waals surface area contributed by atoms with E-state index in [1.165, 1.54) is 28.6 Å². The Morgan fingerprint density at radius 2 is 1.49 bits per heavy atom. The van der Waals surface area contributed by atoms with Crippen molar-refractivity contribution in [3.05, 3.63) is 72.6 Å². The Morgan fingerprint density at radius 1 is 0.902 bits per heavy atom. The van der Waals surface area contributed by atoms with Crippen LogP contribution in [0, 0.1) is 6.92 Å². The zero-order valence-electron chi connectivity index (χ0n) is 25.0. The van der Waals surface area contributed by atoms with Crippen LogP contribution in [0.2, 0.25) is 0 Å². The molecule has 0 fully saturated rings. The highest BCUT2D eigenvalue weighted by Crippen LogP contribution is 2.26. The van der Waals surface area contributed by atoms with Crippen molar-refractivity contribution < 1.29 is 10.9 Å². The Morgan fingerprint density at radius 3 is 2.07 bits per heavy atom. The lowest BCUT2D eigenvalue weighted by atomic mass is 10.1. The lowest BCUT2D eigenvalue weighted by Crippen LogP contribution is -2.26. The Hall–Kier alpha value is -2.44. The summed E-state index contributed by atoms with van der Waals surface area (Å²) < 4.78 is 21.4. The third-order valence-corrected chi connectivity index (χ3v) is 8.35. The van der Waals surface area contributed by atoms with Crippen molar-refractivity contribution in [2.45, 2.75) is 55.8 Å². The van der Waals surface area contributed by atoms with Gasteiger partial charge in [-0.05, 0) is 63.4 Å². The predicted molar refractivity (Wildman–Crippen MR) is 180 cm³/mol. The maximum atomic E-state index is 5.61. The molecule has 7 nitrogen and oxygen atoms in total. The van der Waals surface area contributed by atoms with Crippen LogP contribution in [0.15, 0.2) is 75.7 Å². The van der Waals surface area contributed by atoms with Gasteiger partial charge in [-0.25, -0.2) is 9.97 Å². The van der Waals surface area contributed by atoms with Gasteiger partial charge in [-0.15, -0.1) is 0 Å². The van der Waals surface area contributed by atoms with Crippen LogP contribution in [0.25, 0.3) is 22.8 Å². The maximum Gasteiger partial charge on any atom is 0.179 e. The summed E-state index contributed by atoms with van der Waals surface area (Å²) in [6, 6.07) is 18.3. The van der Waals surface area contributed by atoms with Crippen LogP contribution in [0.5, 0.6) is 0 Å². The van der Waals surface area contributed by atoms with E-state index in [2.05, 4.69) is 49.7 Å². The summed E-state index contributed by atoms with van der Waals surface area (Å²) in [5.74, 6) is 4.02. The molecule has 41 heavy (non-hydrogen) atoms. The summed E-state index contributed by atoms with van der Waals surface area (Å²) in [6.45, 7) is 17.5. The van der Waals surface area contributed by atoms with E-state index in [1.807, 2.05) is 77.1 Å². The molecular formula is C30H43N5O2S4. The number of aryl methyl sites for hydroxylation is 1. The van der Waals surface area contributed by atoms with Crippen LogP contribution < -0.4 is 5.32 Å². The van der Waals surface area contributed by atoms with E-state index in [-0.39, 0.29) is 7.03 Å². The van der Waals surface area contributed by atoms with Gasteiger partial charge in [-0.2, -0.15) is 8.75 Å². The minimum Gasteiger partial charge on any atom is -0.474 e. The molecule has 0 saturated heterocycles. The maximum absolute atomic E-state index is 5.61. The van der Waals surface area contributed by atoms with Gasteiger partial charge in [0.25, 0.3) is 0 Å². The Bertz CT molecular complexity index is 1300.